The number of aromatic hydroxyl groups is 1. The molecule has 0 bridgehead atoms. The zero-order valence-electron chi connectivity index (χ0n) is 6.89. The molecule has 1 aromatic carbocycles. The summed E-state index contributed by atoms with van der Waals surface area (Å²) in [6, 6.07) is 1.75. The van der Waals surface area contributed by atoms with Gasteiger partial charge in [0.25, 0.3) is 0 Å². The van der Waals surface area contributed by atoms with Gasteiger partial charge < -0.3 is 15.6 Å². The van der Waals surface area contributed by atoms with Gasteiger partial charge in [-0.15, -0.1) is 0 Å². The summed E-state index contributed by atoms with van der Waals surface area (Å²) in [4.78, 5) is 0. The summed E-state index contributed by atoms with van der Waals surface area (Å²) in [6.45, 7) is 1.86. The number of hydrogen-bond acceptors (Lipinski definition) is 3. The molecule has 0 atom stereocenters. The van der Waals surface area contributed by atoms with E-state index in [1.807, 2.05) is 6.92 Å². The van der Waals surface area contributed by atoms with Gasteiger partial charge >= 0.3 is 0 Å². The Hall–Kier alpha value is -0.900. The Balaban J connectivity index is 3.40. The van der Waals surface area contributed by atoms with Crippen molar-refractivity contribution in [2.45, 2.75) is 6.92 Å². The van der Waals surface area contributed by atoms with Gasteiger partial charge in [0.15, 0.2) is 5.75 Å². The molecular weight excluding hydrogens is 222 g/mol. The topological polar surface area (TPSA) is 55.5 Å². The third kappa shape index (κ3) is 1.34. The van der Waals surface area contributed by atoms with E-state index in [1.54, 1.807) is 6.07 Å². The minimum atomic E-state index is 0.0254. The number of halogens is 1. The highest BCUT2D eigenvalue weighted by atomic mass is 79.9. The molecule has 0 heterocycles. The van der Waals surface area contributed by atoms with Gasteiger partial charge in [0.2, 0.25) is 0 Å². The molecule has 3 nitrogen and oxygen atoms in total. The van der Waals surface area contributed by atoms with Crippen molar-refractivity contribution in [3.8, 4) is 11.5 Å². The highest BCUT2D eigenvalue weighted by Gasteiger charge is 2.11. The smallest absolute Gasteiger partial charge is 0.156 e. The molecule has 1 rings (SSSR count). The molecule has 0 saturated heterocycles. The molecule has 3 N–H and O–H groups in total. The molecule has 0 aromatic heterocycles. The standard InChI is InChI=1S/C8H10BrNO2/c1-4-3-5(9)7(11)6(10)8(4)12-2/h3,11H,10H2,1-2H3. The Labute approximate surface area is 79.3 Å². The van der Waals surface area contributed by atoms with E-state index in [1.165, 1.54) is 7.11 Å². The highest BCUT2D eigenvalue weighted by Crippen LogP contribution is 2.39. The summed E-state index contributed by atoms with van der Waals surface area (Å²) in [5.41, 5.74) is 6.75. The summed E-state index contributed by atoms with van der Waals surface area (Å²) < 4.78 is 5.59. The minimum Gasteiger partial charge on any atom is -0.505 e. The first-order valence-corrected chi connectivity index (χ1v) is 4.18. The van der Waals surface area contributed by atoms with Crippen LogP contribution in [0.2, 0.25) is 0 Å². The number of methoxy groups -OCH3 is 1. The van der Waals surface area contributed by atoms with E-state index in [-0.39, 0.29) is 11.4 Å². The van der Waals surface area contributed by atoms with Gasteiger partial charge in [0, 0.05) is 0 Å². The maximum Gasteiger partial charge on any atom is 0.156 e. The van der Waals surface area contributed by atoms with Crippen LogP contribution in [0.1, 0.15) is 5.56 Å². The molecule has 1 aromatic rings. The first-order chi connectivity index (χ1) is 5.57. The fourth-order valence-corrected chi connectivity index (χ4v) is 1.60. The van der Waals surface area contributed by atoms with E-state index in [9.17, 15) is 5.11 Å². The van der Waals surface area contributed by atoms with Gasteiger partial charge in [-0.1, -0.05) is 0 Å². The lowest BCUT2D eigenvalue weighted by atomic mass is 10.2. The van der Waals surface area contributed by atoms with Crippen LogP contribution in [-0.4, -0.2) is 12.2 Å². The summed E-state index contributed by atoms with van der Waals surface area (Å²) in [6.07, 6.45) is 0. The molecule has 0 amide bonds. The Morgan fingerprint density at radius 3 is 2.67 bits per heavy atom. The third-order valence-corrected chi connectivity index (χ3v) is 2.24. The molecule has 66 valence electrons. The average Bonchev–Trinajstić information content (AvgIpc) is 2.01. The van der Waals surface area contributed by atoms with Crippen LogP contribution in [0.25, 0.3) is 0 Å². The summed E-state index contributed by atoms with van der Waals surface area (Å²) in [5.74, 6) is 0.549. The van der Waals surface area contributed by atoms with Crippen LogP contribution in [0.5, 0.6) is 11.5 Å². The van der Waals surface area contributed by atoms with Gasteiger partial charge in [-0.25, -0.2) is 0 Å². The summed E-state index contributed by atoms with van der Waals surface area (Å²) >= 11 is 3.17. The van der Waals surface area contributed by atoms with Crippen LogP contribution in [0.15, 0.2) is 10.5 Å². The van der Waals surface area contributed by atoms with Crippen LogP contribution in [0, 0.1) is 6.92 Å². The van der Waals surface area contributed by atoms with Gasteiger partial charge in [-0.3, -0.25) is 0 Å². The first kappa shape index (κ1) is 9.19. The molecule has 0 aliphatic rings. The number of phenols is 1. The lowest BCUT2D eigenvalue weighted by Crippen LogP contribution is -1.95. The van der Waals surface area contributed by atoms with Crippen molar-refractivity contribution in [3.05, 3.63) is 16.1 Å². The minimum absolute atomic E-state index is 0.0254. The largest absolute Gasteiger partial charge is 0.505 e. The number of ether oxygens (including phenoxy) is 1. The van der Waals surface area contributed by atoms with Crippen LogP contribution >= 0.6 is 15.9 Å². The molecule has 0 aliphatic carbocycles. The third-order valence-electron chi connectivity index (χ3n) is 1.63. The van der Waals surface area contributed by atoms with E-state index in [4.69, 9.17) is 10.5 Å². The number of aryl methyl sites for hydroxylation is 1. The van der Waals surface area contributed by atoms with E-state index < -0.39 is 0 Å². The normalized spacial score (nSPS) is 9.92. The summed E-state index contributed by atoms with van der Waals surface area (Å²) in [7, 11) is 1.52. The van der Waals surface area contributed by atoms with Crippen LogP contribution in [-0.2, 0) is 0 Å². The molecule has 4 heteroatoms. The van der Waals surface area contributed by atoms with Crippen LogP contribution < -0.4 is 10.5 Å². The second-order valence-electron chi connectivity index (χ2n) is 2.47. The van der Waals surface area contributed by atoms with Crippen molar-refractivity contribution < 1.29 is 9.84 Å². The maximum absolute atomic E-state index is 9.39. The zero-order valence-corrected chi connectivity index (χ0v) is 8.47. The number of benzene rings is 1. The van der Waals surface area contributed by atoms with Crippen molar-refractivity contribution in [2.75, 3.05) is 12.8 Å². The fraction of sp³-hybridized carbons (Fsp3) is 0.250. The number of phenolic OH excluding ortho intramolecular Hbond substituents is 1. The predicted molar refractivity (Wildman–Crippen MR) is 51.5 cm³/mol. The van der Waals surface area contributed by atoms with E-state index in [0.29, 0.717) is 10.2 Å². The molecule has 0 radical (unpaired) electrons. The lowest BCUT2D eigenvalue weighted by Gasteiger charge is -2.10. The van der Waals surface area contributed by atoms with Gasteiger partial charge in [-0.2, -0.15) is 0 Å². The lowest BCUT2D eigenvalue weighted by molar-refractivity contribution is 0.407. The molecule has 0 aliphatic heterocycles. The van der Waals surface area contributed by atoms with Crippen molar-refractivity contribution in [2.24, 2.45) is 0 Å². The number of nitrogen functional groups attached to an aromatic ring is 1. The van der Waals surface area contributed by atoms with E-state index >= 15 is 0 Å². The highest BCUT2D eigenvalue weighted by molar-refractivity contribution is 9.10. The van der Waals surface area contributed by atoms with Gasteiger partial charge in [0.1, 0.15) is 11.4 Å². The number of hydrogen-bond donors (Lipinski definition) is 2. The SMILES string of the molecule is COc1c(C)cc(Br)c(O)c1N. The monoisotopic (exact) mass is 231 g/mol. The molecule has 12 heavy (non-hydrogen) atoms. The van der Waals surface area contributed by atoms with Crippen molar-refractivity contribution >= 4 is 21.6 Å². The zero-order chi connectivity index (χ0) is 9.30. The molecule has 0 saturated carbocycles. The molecule has 0 spiro atoms. The summed E-state index contributed by atoms with van der Waals surface area (Å²) in [5, 5.41) is 9.39. The van der Waals surface area contributed by atoms with Crippen LogP contribution in [0.3, 0.4) is 0 Å². The number of anilines is 1. The quantitative estimate of drug-likeness (QED) is 0.575. The number of nitrogens with two attached hydrogens (primary N) is 1. The number of rotatable bonds is 1. The molecule has 0 unspecified atom stereocenters. The molecule has 0 fully saturated rings. The first-order valence-electron chi connectivity index (χ1n) is 3.39. The van der Waals surface area contributed by atoms with Gasteiger partial charge in [-0.05, 0) is 34.5 Å². The second-order valence-corrected chi connectivity index (χ2v) is 3.33. The second kappa shape index (κ2) is 3.23. The Morgan fingerprint density at radius 2 is 2.17 bits per heavy atom. The van der Waals surface area contributed by atoms with Crippen molar-refractivity contribution in [1.82, 2.24) is 0 Å². The Kier molecular flexibility index (Phi) is 2.47. The van der Waals surface area contributed by atoms with E-state index in [0.717, 1.165) is 5.56 Å². The van der Waals surface area contributed by atoms with Gasteiger partial charge in [0.05, 0.1) is 11.6 Å². The Bertz CT molecular complexity index is 312. The predicted octanol–water partition coefficient (Wildman–Crippen LogP) is 2.05. The fourth-order valence-electron chi connectivity index (χ4n) is 1.04. The van der Waals surface area contributed by atoms with Crippen LogP contribution in [0.4, 0.5) is 5.69 Å². The van der Waals surface area contributed by atoms with Crippen molar-refractivity contribution in [3.63, 3.8) is 0 Å². The Morgan fingerprint density at radius 1 is 1.58 bits per heavy atom. The average molecular weight is 232 g/mol. The molecular formula is C8H10BrNO2. The van der Waals surface area contributed by atoms with Crippen molar-refractivity contribution in [1.29, 1.82) is 0 Å². The maximum atomic E-state index is 9.39. The van der Waals surface area contributed by atoms with E-state index in [2.05, 4.69) is 15.9 Å².